The monoisotopic (exact) mass is 273 g/mol. The van der Waals surface area contributed by atoms with E-state index in [-0.39, 0.29) is 0 Å². The predicted molar refractivity (Wildman–Crippen MR) is 81.6 cm³/mol. The van der Waals surface area contributed by atoms with Crippen LogP contribution in [0.3, 0.4) is 0 Å². The molecule has 0 saturated carbocycles. The molecule has 1 N–H and O–H groups in total. The molecule has 0 radical (unpaired) electrons. The van der Waals surface area contributed by atoms with Crippen LogP contribution in [0.1, 0.15) is 45.2 Å². The van der Waals surface area contributed by atoms with Crippen LogP contribution in [-0.4, -0.2) is 18.2 Å². The van der Waals surface area contributed by atoms with Gasteiger partial charge in [0.1, 0.15) is 5.60 Å². The summed E-state index contributed by atoms with van der Waals surface area (Å²) in [7, 11) is 0. The second-order valence-corrected chi connectivity index (χ2v) is 5.49. The van der Waals surface area contributed by atoms with Gasteiger partial charge in [-0.25, -0.2) is 4.79 Å². The molecule has 0 aliphatic heterocycles. The summed E-state index contributed by atoms with van der Waals surface area (Å²) in [6.07, 6.45) is 1.19. The SMILES string of the molecule is CCc1ccccc1C#CCCNC(=O)OC(C)(C)C. The van der Waals surface area contributed by atoms with Crippen LogP contribution in [0, 0.1) is 11.8 Å². The molecular formula is C17H23NO2. The van der Waals surface area contributed by atoms with Crippen molar-refractivity contribution in [3.63, 3.8) is 0 Å². The van der Waals surface area contributed by atoms with Gasteiger partial charge in [-0.2, -0.15) is 0 Å². The highest BCUT2D eigenvalue weighted by Crippen LogP contribution is 2.07. The van der Waals surface area contributed by atoms with E-state index in [0.29, 0.717) is 13.0 Å². The van der Waals surface area contributed by atoms with Crippen LogP contribution in [0.25, 0.3) is 0 Å². The Labute approximate surface area is 121 Å². The molecule has 20 heavy (non-hydrogen) atoms. The van der Waals surface area contributed by atoms with Gasteiger partial charge in [0, 0.05) is 18.5 Å². The number of ether oxygens (including phenoxy) is 1. The summed E-state index contributed by atoms with van der Waals surface area (Å²) in [6, 6.07) is 8.12. The summed E-state index contributed by atoms with van der Waals surface area (Å²) >= 11 is 0. The Morgan fingerprint density at radius 3 is 2.65 bits per heavy atom. The fraction of sp³-hybridized carbons (Fsp3) is 0.471. The molecule has 3 nitrogen and oxygen atoms in total. The van der Waals surface area contributed by atoms with Gasteiger partial charge in [-0.1, -0.05) is 37.0 Å². The minimum Gasteiger partial charge on any atom is -0.444 e. The number of alkyl carbamates (subject to hydrolysis) is 1. The van der Waals surface area contributed by atoms with Gasteiger partial charge in [-0.3, -0.25) is 0 Å². The smallest absolute Gasteiger partial charge is 0.407 e. The average molecular weight is 273 g/mol. The van der Waals surface area contributed by atoms with E-state index >= 15 is 0 Å². The molecule has 0 fully saturated rings. The topological polar surface area (TPSA) is 38.3 Å². The average Bonchev–Trinajstić information content (AvgIpc) is 2.36. The van der Waals surface area contributed by atoms with Crippen molar-refractivity contribution in [2.45, 2.75) is 46.1 Å². The lowest BCUT2D eigenvalue weighted by atomic mass is 10.1. The molecule has 0 unspecified atom stereocenters. The van der Waals surface area contributed by atoms with Crippen molar-refractivity contribution in [2.75, 3.05) is 6.54 Å². The molecule has 108 valence electrons. The standard InChI is InChI=1S/C17H23NO2/c1-5-14-10-6-7-11-15(14)12-8-9-13-18-16(19)20-17(2,3)4/h6-7,10-11H,5,9,13H2,1-4H3,(H,18,19). The number of hydrogen-bond acceptors (Lipinski definition) is 2. The van der Waals surface area contributed by atoms with E-state index in [1.807, 2.05) is 39.0 Å². The van der Waals surface area contributed by atoms with E-state index in [0.717, 1.165) is 12.0 Å². The largest absolute Gasteiger partial charge is 0.444 e. The molecule has 1 aromatic rings. The number of aryl methyl sites for hydroxylation is 1. The maximum absolute atomic E-state index is 11.4. The molecule has 0 atom stereocenters. The van der Waals surface area contributed by atoms with E-state index in [1.54, 1.807) is 0 Å². The highest BCUT2D eigenvalue weighted by molar-refractivity contribution is 5.67. The normalized spacial score (nSPS) is 10.4. The van der Waals surface area contributed by atoms with E-state index < -0.39 is 11.7 Å². The van der Waals surface area contributed by atoms with Crippen LogP contribution in [-0.2, 0) is 11.2 Å². The number of carbonyl (C=O) groups excluding carboxylic acids is 1. The number of hydrogen-bond donors (Lipinski definition) is 1. The van der Waals surface area contributed by atoms with Crippen molar-refractivity contribution >= 4 is 6.09 Å². The Kier molecular flexibility index (Phi) is 6.11. The summed E-state index contributed by atoms with van der Waals surface area (Å²) in [5, 5.41) is 2.69. The minimum absolute atomic E-state index is 0.395. The number of rotatable bonds is 3. The van der Waals surface area contributed by atoms with E-state index in [1.165, 1.54) is 5.56 Å². The van der Waals surface area contributed by atoms with Crippen molar-refractivity contribution in [3.8, 4) is 11.8 Å². The van der Waals surface area contributed by atoms with Crippen molar-refractivity contribution in [2.24, 2.45) is 0 Å². The maximum atomic E-state index is 11.4. The first kappa shape index (κ1) is 16.1. The van der Waals surface area contributed by atoms with Crippen molar-refractivity contribution < 1.29 is 9.53 Å². The van der Waals surface area contributed by atoms with Crippen molar-refractivity contribution in [3.05, 3.63) is 35.4 Å². The van der Waals surface area contributed by atoms with Gasteiger partial charge in [-0.05, 0) is 38.8 Å². The minimum atomic E-state index is -0.462. The fourth-order valence-corrected chi connectivity index (χ4v) is 1.65. The molecule has 0 bridgehead atoms. The van der Waals surface area contributed by atoms with Crippen LogP contribution >= 0.6 is 0 Å². The van der Waals surface area contributed by atoms with Crippen LogP contribution in [0.2, 0.25) is 0 Å². The first-order valence-electron chi connectivity index (χ1n) is 6.96. The first-order valence-corrected chi connectivity index (χ1v) is 6.96. The third kappa shape index (κ3) is 6.29. The third-order valence-electron chi connectivity index (χ3n) is 2.54. The Morgan fingerprint density at radius 1 is 1.30 bits per heavy atom. The van der Waals surface area contributed by atoms with Gasteiger partial charge in [0.2, 0.25) is 0 Å². The zero-order valence-electron chi connectivity index (χ0n) is 12.7. The van der Waals surface area contributed by atoms with Crippen LogP contribution < -0.4 is 5.32 Å². The summed E-state index contributed by atoms with van der Waals surface area (Å²) in [4.78, 5) is 11.4. The zero-order valence-corrected chi connectivity index (χ0v) is 12.7. The van der Waals surface area contributed by atoms with Gasteiger partial charge in [0.15, 0.2) is 0 Å². The van der Waals surface area contributed by atoms with Gasteiger partial charge in [-0.15, -0.1) is 0 Å². The molecular weight excluding hydrogens is 250 g/mol. The molecule has 0 saturated heterocycles. The maximum Gasteiger partial charge on any atom is 0.407 e. The molecule has 0 aliphatic carbocycles. The first-order chi connectivity index (χ1) is 9.42. The third-order valence-corrected chi connectivity index (χ3v) is 2.54. The Bertz CT molecular complexity index is 504. The van der Waals surface area contributed by atoms with Crippen LogP contribution in [0.15, 0.2) is 24.3 Å². The van der Waals surface area contributed by atoms with Crippen LogP contribution in [0.5, 0.6) is 0 Å². The number of carbonyl (C=O) groups is 1. The Morgan fingerprint density at radius 2 is 2.00 bits per heavy atom. The lowest BCUT2D eigenvalue weighted by molar-refractivity contribution is 0.0529. The van der Waals surface area contributed by atoms with Gasteiger partial charge in [0.25, 0.3) is 0 Å². The summed E-state index contributed by atoms with van der Waals surface area (Å²) < 4.78 is 5.14. The zero-order chi connectivity index (χ0) is 15.0. The molecule has 1 amide bonds. The molecule has 0 spiro atoms. The predicted octanol–water partition coefficient (Wildman–Crippen LogP) is 3.52. The highest BCUT2D eigenvalue weighted by atomic mass is 16.6. The van der Waals surface area contributed by atoms with E-state index in [2.05, 4.69) is 30.1 Å². The quantitative estimate of drug-likeness (QED) is 0.676. The van der Waals surface area contributed by atoms with Crippen molar-refractivity contribution in [1.29, 1.82) is 0 Å². The molecule has 0 aromatic heterocycles. The summed E-state index contributed by atoms with van der Waals surface area (Å²) in [5.41, 5.74) is 1.85. The van der Waals surface area contributed by atoms with E-state index in [9.17, 15) is 4.79 Å². The second kappa shape index (κ2) is 7.59. The number of nitrogens with one attached hydrogen (secondary N) is 1. The second-order valence-electron chi connectivity index (χ2n) is 5.49. The number of benzene rings is 1. The Balaban J connectivity index is 2.39. The molecule has 1 aromatic carbocycles. The lowest BCUT2D eigenvalue weighted by Crippen LogP contribution is -2.32. The molecule has 0 heterocycles. The number of amides is 1. The van der Waals surface area contributed by atoms with Gasteiger partial charge < -0.3 is 10.1 Å². The Hall–Kier alpha value is -1.95. The molecule has 3 heteroatoms. The lowest BCUT2D eigenvalue weighted by Gasteiger charge is -2.19. The van der Waals surface area contributed by atoms with Crippen LogP contribution in [0.4, 0.5) is 4.79 Å². The molecule has 0 aliphatic rings. The van der Waals surface area contributed by atoms with Gasteiger partial charge in [0.05, 0.1) is 0 Å². The van der Waals surface area contributed by atoms with Gasteiger partial charge >= 0.3 is 6.09 Å². The fourth-order valence-electron chi connectivity index (χ4n) is 1.65. The summed E-state index contributed by atoms with van der Waals surface area (Å²) in [5.74, 6) is 6.22. The molecule has 1 rings (SSSR count). The van der Waals surface area contributed by atoms with E-state index in [4.69, 9.17) is 4.74 Å². The highest BCUT2D eigenvalue weighted by Gasteiger charge is 2.15. The van der Waals surface area contributed by atoms with Crippen molar-refractivity contribution in [1.82, 2.24) is 5.32 Å². The summed E-state index contributed by atoms with van der Waals surface area (Å²) in [6.45, 7) is 8.14.